The highest BCUT2D eigenvalue weighted by Crippen LogP contribution is 2.34. The molecule has 0 aromatic carbocycles. The first kappa shape index (κ1) is 12.8. The summed E-state index contributed by atoms with van der Waals surface area (Å²) in [6.07, 6.45) is 4.40. The Balaban J connectivity index is 1.77. The molecule has 1 aliphatic heterocycles. The second-order valence-electron chi connectivity index (χ2n) is 5.83. The predicted molar refractivity (Wildman–Crippen MR) is 67.0 cm³/mol. The normalized spacial score (nSPS) is 31.5. The van der Waals surface area contributed by atoms with E-state index in [1.54, 1.807) is 0 Å². The minimum absolute atomic E-state index is 0.0969. The Hall–Kier alpha value is -0.610. The maximum atomic E-state index is 11.0. The van der Waals surface area contributed by atoms with Gasteiger partial charge in [0, 0.05) is 12.6 Å². The number of hydrogen-bond acceptors (Lipinski definition) is 3. The van der Waals surface area contributed by atoms with Crippen molar-refractivity contribution < 1.29 is 9.90 Å². The monoisotopic (exact) mass is 240 g/mol. The Morgan fingerprint density at radius 2 is 1.88 bits per heavy atom. The zero-order valence-electron chi connectivity index (χ0n) is 10.9. The first-order chi connectivity index (χ1) is 8.08. The van der Waals surface area contributed by atoms with Gasteiger partial charge in [0.1, 0.15) is 0 Å². The average molecular weight is 240 g/mol. The van der Waals surface area contributed by atoms with E-state index in [-0.39, 0.29) is 5.92 Å². The van der Waals surface area contributed by atoms with Crippen molar-refractivity contribution in [1.29, 1.82) is 0 Å². The van der Waals surface area contributed by atoms with Crippen molar-refractivity contribution in [2.75, 3.05) is 33.7 Å². The van der Waals surface area contributed by atoms with Gasteiger partial charge in [-0.1, -0.05) is 0 Å². The number of rotatable bonds is 4. The van der Waals surface area contributed by atoms with Gasteiger partial charge in [-0.2, -0.15) is 0 Å². The molecule has 0 bridgehead atoms. The molecule has 1 heterocycles. The van der Waals surface area contributed by atoms with Gasteiger partial charge < -0.3 is 10.0 Å². The van der Waals surface area contributed by atoms with Gasteiger partial charge in [0.15, 0.2) is 0 Å². The van der Waals surface area contributed by atoms with Gasteiger partial charge in [-0.25, -0.2) is 0 Å². The number of piperidine rings is 1. The van der Waals surface area contributed by atoms with Crippen LogP contribution in [0.25, 0.3) is 0 Å². The molecule has 17 heavy (non-hydrogen) atoms. The quantitative estimate of drug-likeness (QED) is 0.800. The lowest BCUT2D eigenvalue weighted by atomic mass is 9.77. The van der Waals surface area contributed by atoms with Crippen LogP contribution in [0.5, 0.6) is 0 Å². The van der Waals surface area contributed by atoms with Crippen LogP contribution in [0.2, 0.25) is 0 Å². The lowest BCUT2D eigenvalue weighted by molar-refractivity contribution is -0.149. The SMILES string of the molecule is CN(C)CC1CCN(C2CCC2C(=O)O)CC1. The number of likely N-dealkylation sites (tertiary alicyclic amines) is 1. The van der Waals surface area contributed by atoms with E-state index in [4.69, 9.17) is 5.11 Å². The van der Waals surface area contributed by atoms with Gasteiger partial charge in [0.25, 0.3) is 0 Å². The molecule has 0 amide bonds. The highest BCUT2D eigenvalue weighted by molar-refractivity contribution is 5.72. The molecule has 1 aliphatic carbocycles. The molecule has 0 aromatic rings. The van der Waals surface area contributed by atoms with E-state index in [1.165, 1.54) is 19.4 Å². The number of carboxylic acid groups (broad SMARTS) is 1. The summed E-state index contributed by atoms with van der Waals surface area (Å²) in [5.74, 6) is 0.0988. The van der Waals surface area contributed by atoms with Crippen LogP contribution >= 0.6 is 0 Å². The molecule has 1 saturated heterocycles. The van der Waals surface area contributed by atoms with Crippen LogP contribution in [0.4, 0.5) is 0 Å². The predicted octanol–water partition coefficient (Wildman–Crippen LogP) is 1.12. The molecule has 1 N–H and O–H groups in total. The number of carboxylic acids is 1. The van der Waals surface area contributed by atoms with Gasteiger partial charge in [-0.15, -0.1) is 0 Å². The van der Waals surface area contributed by atoms with E-state index in [0.29, 0.717) is 6.04 Å². The maximum absolute atomic E-state index is 11.0. The smallest absolute Gasteiger partial charge is 0.308 e. The van der Waals surface area contributed by atoms with Crippen molar-refractivity contribution in [3.8, 4) is 0 Å². The molecule has 0 radical (unpaired) electrons. The van der Waals surface area contributed by atoms with Gasteiger partial charge in [0.05, 0.1) is 5.92 Å². The number of nitrogens with zero attached hydrogens (tertiary/aromatic N) is 2. The van der Waals surface area contributed by atoms with Crippen LogP contribution in [0.15, 0.2) is 0 Å². The maximum Gasteiger partial charge on any atom is 0.308 e. The zero-order chi connectivity index (χ0) is 12.4. The Kier molecular flexibility index (Phi) is 4.05. The molecule has 2 fully saturated rings. The average Bonchev–Trinajstić information content (AvgIpc) is 2.17. The van der Waals surface area contributed by atoms with Crippen molar-refractivity contribution in [1.82, 2.24) is 9.80 Å². The van der Waals surface area contributed by atoms with E-state index in [9.17, 15) is 4.79 Å². The fraction of sp³-hybridized carbons (Fsp3) is 0.923. The molecular weight excluding hydrogens is 216 g/mol. The third kappa shape index (κ3) is 2.99. The van der Waals surface area contributed by atoms with Gasteiger partial charge in [-0.05, 0) is 58.8 Å². The molecule has 98 valence electrons. The van der Waals surface area contributed by atoms with Crippen molar-refractivity contribution in [3.05, 3.63) is 0 Å². The van der Waals surface area contributed by atoms with Gasteiger partial charge in [-0.3, -0.25) is 9.69 Å². The first-order valence-corrected chi connectivity index (χ1v) is 6.69. The van der Waals surface area contributed by atoms with Crippen LogP contribution in [-0.4, -0.2) is 60.6 Å². The van der Waals surface area contributed by atoms with Crippen molar-refractivity contribution in [2.45, 2.75) is 31.7 Å². The third-order valence-corrected chi connectivity index (χ3v) is 4.30. The number of hydrogen-bond donors (Lipinski definition) is 1. The largest absolute Gasteiger partial charge is 0.481 e. The number of aliphatic carboxylic acids is 1. The summed E-state index contributed by atoms with van der Waals surface area (Å²) >= 11 is 0. The van der Waals surface area contributed by atoms with Gasteiger partial charge in [0.2, 0.25) is 0 Å². The fourth-order valence-corrected chi connectivity index (χ4v) is 3.19. The Morgan fingerprint density at radius 3 is 2.29 bits per heavy atom. The van der Waals surface area contributed by atoms with E-state index in [2.05, 4.69) is 23.9 Å². The van der Waals surface area contributed by atoms with Crippen molar-refractivity contribution >= 4 is 5.97 Å². The van der Waals surface area contributed by atoms with E-state index in [0.717, 1.165) is 31.8 Å². The Bertz CT molecular complexity index is 273. The van der Waals surface area contributed by atoms with E-state index >= 15 is 0 Å². The molecule has 0 aromatic heterocycles. The van der Waals surface area contributed by atoms with Crippen LogP contribution < -0.4 is 0 Å². The summed E-state index contributed by atoms with van der Waals surface area (Å²) in [7, 11) is 4.25. The molecule has 2 rings (SSSR count). The Morgan fingerprint density at radius 1 is 1.24 bits per heavy atom. The lowest BCUT2D eigenvalue weighted by Crippen LogP contribution is -2.53. The summed E-state index contributed by atoms with van der Waals surface area (Å²) in [5, 5.41) is 9.07. The fourth-order valence-electron chi connectivity index (χ4n) is 3.19. The molecule has 2 atom stereocenters. The topological polar surface area (TPSA) is 43.8 Å². The standard InChI is InChI=1S/C13H24N2O2/c1-14(2)9-10-5-7-15(8-6-10)12-4-3-11(12)13(16)17/h10-12H,3-9H2,1-2H3,(H,16,17). The molecule has 2 unspecified atom stereocenters. The first-order valence-electron chi connectivity index (χ1n) is 6.69. The van der Waals surface area contributed by atoms with Crippen LogP contribution in [0.3, 0.4) is 0 Å². The molecule has 4 nitrogen and oxygen atoms in total. The molecule has 0 spiro atoms. The highest BCUT2D eigenvalue weighted by atomic mass is 16.4. The second kappa shape index (κ2) is 5.36. The highest BCUT2D eigenvalue weighted by Gasteiger charge is 2.41. The number of carbonyl (C=O) groups is 1. The van der Waals surface area contributed by atoms with Crippen LogP contribution in [0.1, 0.15) is 25.7 Å². The summed E-state index contributed by atoms with van der Waals surface area (Å²) in [5.41, 5.74) is 0. The van der Waals surface area contributed by atoms with Crippen LogP contribution in [0, 0.1) is 11.8 Å². The zero-order valence-corrected chi connectivity index (χ0v) is 10.9. The molecule has 1 saturated carbocycles. The molecular formula is C13H24N2O2. The summed E-state index contributed by atoms with van der Waals surface area (Å²) in [6.45, 7) is 3.35. The molecule has 4 heteroatoms. The van der Waals surface area contributed by atoms with Gasteiger partial charge >= 0.3 is 5.97 Å². The summed E-state index contributed by atoms with van der Waals surface area (Å²) in [4.78, 5) is 15.7. The van der Waals surface area contributed by atoms with E-state index < -0.39 is 5.97 Å². The van der Waals surface area contributed by atoms with Crippen LogP contribution in [-0.2, 0) is 4.79 Å². The Labute approximate surface area is 104 Å². The third-order valence-electron chi connectivity index (χ3n) is 4.30. The van der Waals surface area contributed by atoms with Crippen molar-refractivity contribution in [3.63, 3.8) is 0 Å². The second-order valence-corrected chi connectivity index (χ2v) is 5.83. The minimum Gasteiger partial charge on any atom is -0.481 e. The van der Waals surface area contributed by atoms with Crippen molar-refractivity contribution in [2.24, 2.45) is 11.8 Å². The minimum atomic E-state index is -0.600. The van der Waals surface area contributed by atoms with E-state index in [1.807, 2.05) is 0 Å². The molecule has 2 aliphatic rings. The lowest BCUT2D eigenvalue weighted by Gasteiger charge is -2.45. The summed E-state index contributed by atoms with van der Waals surface area (Å²) < 4.78 is 0. The summed E-state index contributed by atoms with van der Waals surface area (Å²) in [6, 6.07) is 0.327.